The Morgan fingerprint density at radius 3 is 2.46 bits per heavy atom. The molecule has 1 aliphatic rings. The fourth-order valence-corrected chi connectivity index (χ4v) is 4.60. The van der Waals surface area contributed by atoms with E-state index in [0.29, 0.717) is 24.3 Å². The van der Waals surface area contributed by atoms with Gasteiger partial charge < -0.3 is 38.3 Å². The smallest absolute Gasteiger partial charge is 0.303 e. The van der Waals surface area contributed by atoms with Crippen molar-refractivity contribution in [3.05, 3.63) is 36.8 Å². The zero-order valence-corrected chi connectivity index (χ0v) is 24.3. The van der Waals surface area contributed by atoms with Gasteiger partial charge in [0.05, 0.1) is 25.7 Å². The number of amides is 2. The minimum atomic E-state index is -1.11. The Labute approximate surface area is 243 Å². The normalized spacial score (nSPS) is 21.9. The van der Waals surface area contributed by atoms with Crippen LogP contribution in [-0.2, 0) is 44.7 Å². The van der Waals surface area contributed by atoms with Crippen LogP contribution in [0.4, 0.5) is 0 Å². The van der Waals surface area contributed by atoms with Crippen LogP contribution in [0.2, 0.25) is 0 Å². The molecule has 1 aliphatic heterocycles. The SMILES string of the molecule is COc1cccc(-c2cn(CC3OC(OCCCCC(=O)NS)C(NC(C)=O)C(OC(C)=O)C3OC(C)=O)cn2)c1. The largest absolute Gasteiger partial charge is 0.497 e. The maximum atomic E-state index is 12.1. The van der Waals surface area contributed by atoms with E-state index in [2.05, 4.69) is 27.8 Å². The number of carbonyl (C=O) groups excluding carboxylic acids is 4. The van der Waals surface area contributed by atoms with Crippen molar-refractivity contribution >= 4 is 36.6 Å². The lowest BCUT2D eigenvalue weighted by Gasteiger charge is -2.45. The summed E-state index contributed by atoms with van der Waals surface area (Å²) < 4.78 is 32.8. The van der Waals surface area contributed by atoms with E-state index >= 15 is 0 Å². The van der Waals surface area contributed by atoms with E-state index in [0.717, 1.165) is 5.56 Å². The van der Waals surface area contributed by atoms with Gasteiger partial charge in [0, 0.05) is 45.6 Å². The Kier molecular flexibility index (Phi) is 12.0. The maximum Gasteiger partial charge on any atom is 0.303 e. The molecule has 2 amide bonds. The van der Waals surface area contributed by atoms with Crippen LogP contribution < -0.4 is 14.8 Å². The van der Waals surface area contributed by atoms with Crippen molar-refractivity contribution < 1.29 is 42.9 Å². The Morgan fingerprint density at radius 2 is 1.80 bits per heavy atom. The molecule has 2 heterocycles. The summed E-state index contributed by atoms with van der Waals surface area (Å²) in [5, 5.41) is 2.72. The molecule has 0 bridgehead atoms. The first-order chi connectivity index (χ1) is 19.6. The second-order valence-corrected chi connectivity index (χ2v) is 9.69. The van der Waals surface area contributed by atoms with E-state index in [4.69, 9.17) is 23.7 Å². The molecule has 0 spiro atoms. The summed E-state index contributed by atoms with van der Waals surface area (Å²) in [6, 6.07) is 6.45. The lowest BCUT2D eigenvalue weighted by molar-refractivity contribution is -0.274. The molecule has 2 aromatic rings. The Hall–Kier alpha value is -3.62. The van der Waals surface area contributed by atoms with Crippen LogP contribution in [0.15, 0.2) is 36.8 Å². The molecule has 0 radical (unpaired) electrons. The summed E-state index contributed by atoms with van der Waals surface area (Å²) >= 11 is 3.74. The van der Waals surface area contributed by atoms with Gasteiger partial charge in [0.2, 0.25) is 11.8 Å². The number of rotatable bonds is 13. The molecular formula is C27H36N4O9S. The van der Waals surface area contributed by atoms with Gasteiger partial charge in [0.1, 0.15) is 17.9 Å². The fourth-order valence-electron chi connectivity index (χ4n) is 4.49. The average Bonchev–Trinajstić information content (AvgIpc) is 3.40. The molecule has 1 fully saturated rings. The van der Waals surface area contributed by atoms with Gasteiger partial charge in [-0.25, -0.2) is 4.98 Å². The van der Waals surface area contributed by atoms with Crippen molar-refractivity contribution in [2.75, 3.05) is 13.7 Å². The maximum absolute atomic E-state index is 12.1. The van der Waals surface area contributed by atoms with E-state index < -0.39 is 48.5 Å². The van der Waals surface area contributed by atoms with Gasteiger partial charge in [-0.1, -0.05) is 24.9 Å². The topological polar surface area (TPSA) is 156 Å². The van der Waals surface area contributed by atoms with Gasteiger partial charge in [-0.3, -0.25) is 19.2 Å². The van der Waals surface area contributed by atoms with Crippen molar-refractivity contribution in [3.8, 4) is 17.0 Å². The molecule has 3 rings (SSSR count). The minimum Gasteiger partial charge on any atom is -0.497 e. The molecule has 5 unspecified atom stereocenters. The van der Waals surface area contributed by atoms with Gasteiger partial charge in [-0.05, 0) is 25.0 Å². The zero-order chi connectivity index (χ0) is 29.9. The molecule has 14 heteroatoms. The number of methoxy groups -OCH3 is 1. The zero-order valence-electron chi connectivity index (χ0n) is 23.4. The number of ether oxygens (including phenoxy) is 5. The van der Waals surface area contributed by atoms with E-state index in [1.807, 2.05) is 24.3 Å². The predicted octanol–water partition coefficient (Wildman–Crippen LogP) is 1.80. The van der Waals surface area contributed by atoms with E-state index in [9.17, 15) is 19.2 Å². The molecule has 224 valence electrons. The second kappa shape index (κ2) is 15.4. The van der Waals surface area contributed by atoms with Gasteiger partial charge in [0.15, 0.2) is 18.5 Å². The molecular weight excluding hydrogens is 556 g/mol. The standard InChI is InChI=1S/C27H36N4O9S/c1-16(32)29-24-26(39-18(3)34)25(38-17(2)33)22(40-27(24)37-11-6-5-10-23(35)30-41)14-31-13-21(28-15-31)19-8-7-9-20(12-19)36-4/h7-9,12-13,15,22,24-27,41H,5-6,10-11,14H2,1-4H3,(H,29,32)(H,30,35). The molecule has 1 saturated heterocycles. The highest BCUT2D eigenvalue weighted by atomic mass is 32.1. The van der Waals surface area contributed by atoms with Crippen molar-refractivity contribution in [1.82, 2.24) is 19.6 Å². The monoisotopic (exact) mass is 592 g/mol. The first kappa shape index (κ1) is 31.9. The van der Waals surface area contributed by atoms with Crippen LogP contribution in [0.3, 0.4) is 0 Å². The van der Waals surface area contributed by atoms with E-state index in [1.54, 1.807) is 24.2 Å². The van der Waals surface area contributed by atoms with Gasteiger partial charge in [-0.2, -0.15) is 0 Å². The number of benzene rings is 1. The number of aromatic nitrogens is 2. The first-order valence-electron chi connectivity index (χ1n) is 13.1. The van der Waals surface area contributed by atoms with Crippen molar-refractivity contribution in [2.24, 2.45) is 0 Å². The van der Waals surface area contributed by atoms with Crippen molar-refractivity contribution in [3.63, 3.8) is 0 Å². The van der Waals surface area contributed by atoms with Gasteiger partial charge in [-0.15, -0.1) is 0 Å². The number of unbranched alkanes of at least 4 members (excludes halogenated alkanes) is 1. The Balaban J connectivity index is 1.87. The van der Waals surface area contributed by atoms with Crippen LogP contribution in [0.5, 0.6) is 5.75 Å². The van der Waals surface area contributed by atoms with Crippen LogP contribution in [0.1, 0.15) is 40.0 Å². The third-order valence-corrected chi connectivity index (χ3v) is 6.46. The van der Waals surface area contributed by atoms with E-state index in [-0.39, 0.29) is 25.5 Å². The molecule has 13 nitrogen and oxygen atoms in total. The number of nitrogens with zero attached hydrogens (tertiary/aromatic N) is 2. The molecule has 0 aliphatic carbocycles. The third-order valence-electron chi connectivity index (χ3n) is 6.21. The summed E-state index contributed by atoms with van der Waals surface area (Å²) in [5.74, 6) is -1.21. The summed E-state index contributed by atoms with van der Waals surface area (Å²) in [7, 11) is 1.58. The van der Waals surface area contributed by atoms with Gasteiger partial charge >= 0.3 is 11.9 Å². The average molecular weight is 593 g/mol. The number of carbonyl (C=O) groups is 4. The minimum absolute atomic E-state index is 0.154. The first-order valence-corrected chi connectivity index (χ1v) is 13.5. The quantitative estimate of drug-likeness (QED) is 0.178. The molecule has 0 saturated carbocycles. The summed E-state index contributed by atoms with van der Waals surface area (Å²) in [5.41, 5.74) is 1.51. The Bertz CT molecular complexity index is 1210. The number of hydrogen-bond donors (Lipinski definition) is 3. The van der Waals surface area contributed by atoms with E-state index in [1.165, 1.54) is 20.8 Å². The molecule has 2 N–H and O–H groups in total. The van der Waals surface area contributed by atoms with Crippen LogP contribution in [0.25, 0.3) is 11.3 Å². The van der Waals surface area contributed by atoms with Crippen molar-refractivity contribution in [2.45, 2.75) is 77.2 Å². The van der Waals surface area contributed by atoms with Crippen LogP contribution in [-0.4, -0.2) is 77.7 Å². The predicted molar refractivity (Wildman–Crippen MR) is 149 cm³/mol. The second-order valence-electron chi connectivity index (χ2n) is 9.47. The number of esters is 2. The number of hydrogen-bond acceptors (Lipinski definition) is 11. The molecule has 1 aromatic heterocycles. The van der Waals surface area contributed by atoms with Crippen molar-refractivity contribution in [1.29, 1.82) is 0 Å². The number of thiol groups is 1. The summed E-state index contributed by atoms with van der Waals surface area (Å²) in [4.78, 5) is 52.3. The molecule has 5 atom stereocenters. The summed E-state index contributed by atoms with van der Waals surface area (Å²) in [6.45, 7) is 4.09. The number of nitrogens with one attached hydrogen (secondary N) is 2. The highest BCUT2D eigenvalue weighted by Gasteiger charge is 2.51. The van der Waals surface area contributed by atoms with Crippen LogP contribution >= 0.6 is 12.8 Å². The van der Waals surface area contributed by atoms with Crippen LogP contribution in [0, 0.1) is 0 Å². The lowest BCUT2D eigenvalue weighted by Crippen LogP contribution is -2.66. The Morgan fingerprint density at radius 1 is 1.07 bits per heavy atom. The van der Waals surface area contributed by atoms with Gasteiger partial charge in [0.25, 0.3) is 0 Å². The molecule has 41 heavy (non-hydrogen) atoms. The highest BCUT2D eigenvalue weighted by molar-refractivity contribution is 7.78. The third kappa shape index (κ3) is 9.47. The number of imidazole rings is 1. The lowest BCUT2D eigenvalue weighted by atomic mass is 9.95. The molecule has 1 aromatic carbocycles. The summed E-state index contributed by atoms with van der Waals surface area (Å²) in [6.07, 6.45) is 0.611. The highest BCUT2D eigenvalue weighted by Crippen LogP contribution is 2.29. The fraction of sp³-hybridized carbons (Fsp3) is 0.519.